The minimum absolute atomic E-state index is 0.0542. The molecule has 0 fully saturated rings. The molecule has 0 aliphatic rings. The number of hydrogen-bond donors (Lipinski definition) is 1. The Morgan fingerprint density at radius 2 is 1.50 bits per heavy atom. The van der Waals surface area contributed by atoms with E-state index in [1.807, 2.05) is 83.4 Å². The topological polar surface area (TPSA) is 59.8 Å². The molecule has 3 aromatic carbocycles. The van der Waals surface area contributed by atoms with E-state index >= 15 is 0 Å². The summed E-state index contributed by atoms with van der Waals surface area (Å²) in [6.07, 6.45) is 0. The van der Waals surface area contributed by atoms with E-state index in [9.17, 15) is 4.79 Å². The van der Waals surface area contributed by atoms with Crippen molar-refractivity contribution in [2.75, 3.05) is 0 Å². The van der Waals surface area contributed by atoms with E-state index in [1.165, 1.54) is 0 Å². The van der Waals surface area contributed by atoms with Gasteiger partial charge in [-0.3, -0.25) is 4.79 Å². The first-order chi connectivity index (χ1) is 13.8. The van der Waals surface area contributed by atoms with Gasteiger partial charge in [0.15, 0.2) is 5.65 Å². The van der Waals surface area contributed by atoms with Crippen molar-refractivity contribution in [3.8, 4) is 0 Å². The van der Waals surface area contributed by atoms with Crippen molar-refractivity contribution in [3.63, 3.8) is 0 Å². The number of aromatic nitrogens is 3. The fraction of sp³-hybridized carbons (Fsp3) is 0.0870. The van der Waals surface area contributed by atoms with Crippen LogP contribution in [0, 0.1) is 0 Å². The first-order valence-electron chi connectivity index (χ1n) is 9.24. The number of benzene rings is 3. The van der Waals surface area contributed by atoms with Gasteiger partial charge in [-0.2, -0.15) is 0 Å². The van der Waals surface area contributed by atoms with Gasteiger partial charge in [0, 0.05) is 11.9 Å². The molecular weight excluding hydrogens is 348 g/mol. The monoisotopic (exact) mass is 366 g/mol. The molecule has 1 N–H and O–H groups in total. The van der Waals surface area contributed by atoms with E-state index in [0.29, 0.717) is 6.54 Å². The third-order valence-electron chi connectivity index (χ3n) is 4.89. The van der Waals surface area contributed by atoms with E-state index in [1.54, 1.807) is 0 Å². The number of fused-ring (bicyclic) bond motifs is 4. The Balaban J connectivity index is 1.55. The van der Waals surface area contributed by atoms with Crippen LogP contribution in [0.15, 0.2) is 78.9 Å². The van der Waals surface area contributed by atoms with Crippen LogP contribution >= 0.6 is 0 Å². The molecule has 0 radical (unpaired) electrons. The average Bonchev–Trinajstić information content (AvgIpc) is 3.04. The second kappa shape index (κ2) is 6.78. The molecule has 28 heavy (non-hydrogen) atoms. The number of carbonyl (C=O) groups is 1. The van der Waals surface area contributed by atoms with Gasteiger partial charge in [-0.25, -0.2) is 9.97 Å². The van der Waals surface area contributed by atoms with Crippen LogP contribution in [0.3, 0.4) is 0 Å². The summed E-state index contributed by atoms with van der Waals surface area (Å²) in [5.41, 5.74) is 5.27. The first kappa shape index (κ1) is 16.4. The van der Waals surface area contributed by atoms with Gasteiger partial charge in [0.2, 0.25) is 5.91 Å². The van der Waals surface area contributed by atoms with Crippen molar-refractivity contribution < 1.29 is 4.79 Å². The lowest BCUT2D eigenvalue weighted by Gasteiger charge is -2.08. The molecule has 0 atom stereocenters. The Kier molecular flexibility index (Phi) is 3.98. The van der Waals surface area contributed by atoms with Crippen molar-refractivity contribution in [2.24, 2.45) is 0 Å². The number of para-hydroxylation sites is 3. The molecule has 5 aromatic rings. The number of nitrogens with zero attached hydrogens (tertiary/aromatic N) is 3. The van der Waals surface area contributed by atoms with Gasteiger partial charge in [-0.15, -0.1) is 0 Å². The smallest absolute Gasteiger partial charge is 0.240 e. The summed E-state index contributed by atoms with van der Waals surface area (Å²) >= 11 is 0. The van der Waals surface area contributed by atoms with Crippen LogP contribution in [-0.4, -0.2) is 20.4 Å². The van der Waals surface area contributed by atoms with Crippen molar-refractivity contribution in [3.05, 3.63) is 84.4 Å². The molecule has 0 saturated carbocycles. The highest BCUT2D eigenvalue weighted by molar-refractivity contribution is 6.07. The normalized spacial score (nSPS) is 11.3. The molecule has 0 spiro atoms. The van der Waals surface area contributed by atoms with Crippen LogP contribution in [0.25, 0.3) is 33.1 Å². The van der Waals surface area contributed by atoms with Crippen molar-refractivity contribution in [1.82, 2.24) is 19.9 Å². The van der Waals surface area contributed by atoms with Crippen LogP contribution < -0.4 is 5.32 Å². The molecular formula is C23H18N4O. The summed E-state index contributed by atoms with van der Waals surface area (Å²) in [6.45, 7) is 0.704. The first-order valence-corrected chi connectivity index (χ1v) is 9.24. The zero-order valence-corrected chi connectivity index (χ0v) is 15.2. The summed E-state index contributed by atoms with van der Waals surface area (Å²) in [5.74, 6) is -0.0542. The van der Waals surface area contributed by atoms with Crippen molar-refractivity contribution in [2.45, 2.75) is 13.1 Å². The highest BCUT2D eigenvalue weighted by Gasteiger charge is 2.16. The fourth-order valence-corrected chi connectivity index (χ4v) is 3.54. The predicted octanol–water partition coefficient (Wildman–Crippen LogP) is 4.05. The molecule has 5 nitrogen and oxygen atoms in total. The molecule has 0 aliphatic carbocycles. The Bertz CT molecular complexity index is 1310. The Morgan fingerprint density at radius 3 is 2.32 bits per heavy atom. The molecule has 0 bridgehead atoms. The van der Waals surface area contributed by atoms with Crippen LogP contribution in [0.1, 0.15) is 5.56 Å². The zero-order chi connectivity index (χ0) is 18.9. The lowest BCUT2D eigenvalue weighted by Crippen LogP contribution is -2.27. The van der Waals surface area contributed by atoms with Gasteiger partial charge in [-0.1, -0.05) is 60.7 Å². The standard InChI is InChI=1S/C23H18N4O/c28-21(24-14-16-8-2-1-3-9-16)15-27-20-13-7-4-10-17(20)22-23(27)26-19-12-6-5-11-18(19)25-22/h1-13H,14-15H2,(H,24,28). The maximum absolute atomic E-state index is 12.7. The molecule has 2 heterocycles. The molecule has 5 rings (SSSR count). The van der Waals surface area contributed by atoms with Gasteiger partial charge < -0.3 is 9.88 Å². The largest absolute Gasteiger partial charge is 0.350 e. The molecule has 0 saturated heterocycles. The zero-order valence-electron chi connectivity index (χ0n) is 15.2. The Hall–Kier alpha value is -3.73. The van der Waals surface area contributed by atoms with E-state index in [-0.39, 0.29) is 12.5 Å². The fourth-order valence-electron chi connectivity index (χ4n) is 3.54. The van der Waals surface area contributed by atoms with Gasteiger partial charge >= 0.3 is 0 Å². The maximum atomic E-state index is 12.7. The highest BCUT2D eigenvalue weighted by Crippen LogP contribution is 2.27. The molecule has 136 valence electrons. The van der Waals surface area contributed by atoms with Gasteiger partial charge in [0.05, 0.1) is 16.6 Å². The lowest BCUT2D eigenvalue weighted by molar-refractivity contribution is -0.121. The molecule has 1 amide bonds. The number of nitrogens with one attached hydrogen (secondary N) is 1. The van der Waals surface area contributed by atoms with Crippen molar-refractivity contribution in [1.29, 1.82) is 0 Å². The second-order valence-electron chi connectivity index (χ2n) is 6.75. The molecule has 2 aromatic heterocycles. The second-order valence-corrected chi connectivity index (χ2v) is 6.75. The van der Waals surface area contributed by atoms with Crippen LogP contribution in [-0.2, 0) is 17.9 Å². The summed E-state index contributed by atoms with van der Waals surface area (Å²) in [7, 11) is 0. The van der Waals surface area contributed by atoms with E-state index in [4.69, 9.17) is 9.97 Å². The highest BCUT2D eigenvalue weighted by atomic mass is 16.1. The Morgan fingerprint density at radius 1 is 0.821 bits per heavy atom. The van der Waals surface area contributed by atoms with Crippen molar-refractivity contribution >= 4 is 39.0 Å². The average molecular weight is 366 g/mol. The number of hydrogen-bond acceptors (Lipinski definition) is 3. The van der Waals surface area contributed by atoms with Crippen LogP contribution in [0.5, 0.6) is 0 Å². The van der Waals surface area contributed by atoms with Gasteiger partial charge in [0.1, 0.15) is 12.1 Å². The predicted molar refractivity (Wildman–Crippen MR) is 111 cm³/mol. The molecule has 0 unspecified atom stereocenters. The van der Waals surface area contributed by atoms with Gasteiger partial charge in [0.25, 0.3) is 0 Å². The third kappa shape index (κ3) is 2.87. The lowest BCUT2D eigenvalue weighted by atomic mass is 10.2. The van der Waals surface area contributed by atoms with E-state index in [0.717, 1.165) is 38.7 Å². The third-order valence-corrected chi connectivity index (χ3v) is 4.89. The summed E-state index contributed by atoms with van der Waals surface area (Å²) < 4.78 is 1.95. The number of rotatable bonds is 4. The van der Waals surface area contributed by atoms with Crippen LogP contribution in [0.4, 0.5) is 0 Å². The number of amides is 1. The van der Waals surface area contributed by atoms with E-state index < -0.39 is 0 Å². The number of carbonyl (C=O) groups excluding carboxylic acids is 1. The summed E-state index contributed by atoms with van der Waals surface area (Å²) in [4.78, 5) is 22.3. The SMILES string of the molecule is O=C(Cn1c2ccccc2c2nc3ccccc3nc21)NCc1ccccc1. The molecule has 5 heteroatoms. The van der Waals surface area contributed by atoms with E-state index in [2.05, 4.69) is 5.32 Å². The maximum Gasteiger partial charge on any atom is 0.240 e. The summed E-state index contributed by atoms with van der Waals surface area (Å²) in [5, 5.41) is 4.00. The Labute approximate surface area is 161 Å². The molecule has 0 aliphatic heterocycles. The minimum atomic E-state index is -0.0542. The quantitative estimate of drug-likeness (QED) is 0.522. The van der Waals surface area contributed by atoms with Crippen LogP contribution in [0.2, 0.25) is 0 Å². The minimum Gasteiger partial charge on any atom is -0.350 e. The summed E-state index contributed by atoms with van der Waals surface area (Å²) in [6, 6.07) is 25.7. The van der Waals surface area contributed by atoms with Gasteiger partial charge in [-0.05, 0) is 23.8 Å².